The Morgan fingerprint density at radius 2 is 2.08 bits per heavy atom. The molecule has 0 bridgehead atoms. The van der Waals surface area contributed by atoms with Crippen molar-refractivity contribution >= 4 is 45.6 Å². The summed E-state index contributed by atoms with van der Waals surface area (Å²) in [6.07, 6.45) is 6.86. The minimum atomic E-state index is -0.00179. The number of thiazole rings is 1. The predicted octanol–water partition coefficient (Wildman–Crippen LogP) is 3.53. The van der Waals surface area contributed by atoms with Crippen molar-refractivity contribution in [2.45, 2.75) is 29.7 Å². The summed E-state index contributed by atoms with van der Waals surface area (Å²) in [7, 11) is 0. The van der Waals surface area contributed by atoms with Gasteiger partial charge in [-0.2, -0.15) is 10.4 Å². The van der Waals surface area contributed by atoms with Crippen molar-refractivity contribution < 1.29 is 9.53 Å². The molecule has 2 fully saturated rings. The number of ether oxygens (including phenoxy) is 1. The first-order valence-corrected chi connectivity index (χ1v) is 13.9. The van der Waals surface area contributed by atoms with Crippen LogP contribution in [0.3, 0.4) is 0 Å². The highest BCUT2D eigenvalue weighted by Gasteiger charge is 2.26. The van der Waals surface area contributed by atoms with Gasteiger partial charge in [0.1, 0.15) is 21.8 Å². The van der Waals surface area contributed by atoms with E-state index in [0.29, 0.717) is 59.5 Å². The van der Waals surface area contributed by atoms with Crippen LogP contribution >= 0.6 is 23.1 Å². The molecule has 2 aliphatic heterocycles. The lowest BCUT2D eigenvalue weighted by Crippen LogP contribution is -2.40. The fourth-order valence-corrected chi connectivity index (χ4v) is 6.09. The zero-order valence-electron chi connectivity index (χ0n) is 20.4. The Balaban J connectivity index is 1.24. The van der Waals surface area contributed by atoms with Gasteiger partial charge >= 0.3 is 0 Å². The average molecular weight is 537 g/mol. The van der Waals surface area contributed by atoms with Crippen LogP contribution in [-0.2, 0) is 16.1 Å². The molecule has 1 N–H and O–H groups in total. The number of nitrogens with zero attached hydrogens (tertiary/aromatic N) is 7. The lowest BCUT2D eigenvalue weighted by molar-refractivity contribution is -0.128. The number of amides is 1. The molecule has 3 aromatic heterocycles. The van der Waals surface area contributed by atoms with Crippen LogP contribution in [0.15, 0.2) is 54.0 Å². The SMILES string of the molecule is C=C(Cn1cccn1)C(=O)N1CCC(Sc2cc(N3CCOCC3)cc(Nc3ncc(C#N)s3)n2)CC1. The lowest BCUT2D eigenvalue weighted by Gasteiger charge is -2.32. The first-order valence-electron chi connectivity index (χ1n) is 12.2. The summed E-state index contributed by atoms with van der Waals surface area (Å²) >= 11 is 3.05. The fraction of sp³-hybridized carbons (Fsp3) is 0.400. The highest BCUT2D eigenvalue weighted by Crippen LogP contribution is 2.34. The summed E-state index contributed by atoms with van der Waals surface area (Å²) < 4.78 is 7.25. The molecule has 2 aliphatic rings. The molecule has 12 heteroatoms. The van der Waals surface area contributed by atoms with Crippen molar-refractivity contribution in [3.05, 3.63) is 53.8 Å². The van der Waals surface area contributed by atoms with E-state index in [1.807, 2.05) is 23.2 Å². The smallest absolute Gasteiger partial charge is 0.251 e. The van der Waals surface area contributed by atoms with Crippen LogP contribution in [0, 0.1) is 11.3 Å². The molecule has 0 atom stereocenters. The Bertz CT molecular complexity index is 1270. The molecule has 5 heterocycles. The molecular weight excluding hydrogens is 508 g/mol. The largest absolute Gasteiger partial charge is 0.378 e. The van der Waals surface area contributed by atoms with Crippen molar-refractivity contribution in [3.63, 3.8) is 0 Å². The van der Waals surface area contributed by atoms with Gasteiger partial charge in [0, 0.05) is 61.1 Å². The van der Waals surface area contributed by atoms with Gasteiger partial charge in [-0.25, -0.2) is 9.97 Å². The van der Waals surface area contributed by atoms with Gasteiger partial charge < -0.3 is 19.9 Å². The Morgan fingerprint density at radius 3 is 2.78 bits per heavy atom. The second-order valence-electron chi connectivity index (χ2n) is 8.83. The maximum atomic E-state index is 12.9. The first kappa shape index (κ1) is 25.3. The highest BCUT2D eigenvalue weighted by atomic mass is 32.2. The van der Waals surface area contributed by atoms with Gasteiger partial charge in [0.2, 0.25) is 0 Å². The Hall–Kier alpha value is -3.40. The minimum Gasteiger partial charge on any atom is -0.378 e. The molecule has 192 valence electrons. The normalized spacial score (nSPS) is 16.4. The molecule has 0 unspecified atom stereocenters. The molecule has 3 aromatic rings. The van der Waals surface area contributed by atoms with Crippen molar-refractivity contribution in [2.24, 2.45) is 0 Å². The van der Waals surface area contributed by atoms with Crippen molar-refractivity contribution in [2.75, 3.05) is 49.6 Å². The number of likely N-dealkylation sites (tertiary alicyclic amines) is 1. The van der Waals surface area contributed by atoms with Crippen molar-refractivity contribution in [1.82, 2.24) is 24.6 Å². The van der Waals surface area contributed by atoms with E-state index in [9.17, 15) is 4.79 Å². The zero-order valence-corrected chi connectivity index (χ0v) is 22.0. The number of hydrogen-bond donors (Lipinski definition) is 1. The van der Waals surface area contributed by atoms with Gasteiger partial charge in [0.05, 0.1) is 26.0 Å². The number of nitriles is 1. The molecule has 2 saturated heterocycles. The monoisotopic (exact) mass is 536 g/mol. The summed E-state index contributed by atoms with van der Waals surface area (Å²) in [4.78, 5) is 26.7. The number of thioether (sulfide) groups is 1. The van der Waals surface area contributed by atoms with Crippen LogP contribution in [0.2, 0.25) is 0 Å². The number of carbonyl (C=O) groups excluding carboxylic acids is 1. The maximum absolute atomic E-state index is 12.9. The van der Waals surface area contributed by atoms with Crippen LogP contribution in [0.5, 0.6) is 0 Å². The summed E-state index contributed by atoms with van der Waals surface area (Å²) in [6.45, 7) is 8.83. The highest BCUT2D eigenvalue weighted by molar-refractivity contribution is 7.99. The molecule has 0 aliphatic carbocycles. The first-order chi connectivity index (χ1) is 18.1. The Labute approximate surface area is 224 Å². The predicted molar refractivity (Wildman–Crippen MR) is 144 cm³/mol. The van der Waals surface area contributed by atoms with Crippen LogP contribution in [0.1, 0.15) is 17.7 Å². The molecule has 0 aromatic carbocycles. The van der Waals surface area contributed by atoms with Crippen molar-refractivity contribution in [3.8, 4) is 6.07 Å². The average Bonchev–Trinajstić information content (AvgIpc) is 3.61. The number of nitrogens with one attached hydrogen (secondary N) is 1. The minimum absolute atomic E-state index is 0.00179. The number of hydrogen-bond acceptors (Lipinski definition) is 10. The lowest BCUT2D eigenvalue weighted by atomic mass is 10.1. The Kier molecular flexibility index (Phi) is 8.03. The molecule has 0 radical (unpaired) electrons. The van der Waals surface area contributed by atoms with Crippen LogP contribution < -0.4 is 10.2 Å². The third-order valence-electron chi connectivity index (χ3n) is 6.24. The van der Waals surface area contributed by atoms with Gasteiger partial charge in [0.15, 0.2) is 5.13 Å². The number of aromatic nitrogens is 4. The Morgan fingerprint density at radius 1 is 1.27 bits per heavy atom. The molecule has 0 spiro atoms. The van der Waals surface area contributed by atoms with Crippen LogP contribution in [0.4, 0.5) is 16.6 Å². The number of anilines is 3. The molecule has 5 rings (SSSR count). The molecule has 37 heavy (non-hydrogen) atoms. The summed E-state index contributed by atoms with van der Waals surface area (Å²) in [5.41, 5.74) is 1.63. The molecular formula is C25H28N8O2S2. The van der Waals surface area contributed by atoms with Crippen LogP contribution in [0.25, 0.3) is 0 Å². The van der Waals surface area contributed by atoms with E-state index in [2.05, 4.69) is 39.0 Å². The third-order valence-corrected chi connectivity index (χ3v) is 8.32. The van der Waals surface area contributed by atoms with E-state index in [0.717, 1.165) is 36.6 Å². The standard InChI is InChI=1S/C25H28N8O2S2/c1-18(17-33-6-2-5-28-33)24(34)32-7-3-20(4-8-32)36-23-14-19(31-9-11-35-12-10-31)13-22(29-23)30-25-27-16-21(15-26)37-25/h2,5-6,13-14,16,20H,1,3-4,7-12,17H2,(H,27,29,30). The maximum Gasteiger partial charge on any atom is 0.251 e. The van der Waals surface area contributed by atoms with Gasteiger partial charge in [0.25, 0.3) is 5.91 Å². The van der Waals surface area contributed by atoms with E-state index in [1.165, 1.54) is 11.3 Å². The number of pyridine rings is 1. The summed E-state index contributed by atoms with van der Waals surface area (Å²) in [5, 5.41) is 18.5. The second kappa shape index (κ2) is 11.8. The zero-order chi connectivity index (χ0) is 25.6. The number of morpholine rings is 1. The van der Waals surface area contributed by atoms with Crippen LogP contribution in [-0.4, -0.2) is 75.2 Å². The van der Waals surface area contributed by atoms with E-state index in [-0.39, 0.29) is 5.91 Å². The topological polar surface area (TPSA) is 112 Å². The summed E-state index contributed by atoms with van der Waals surface area (Å²) in [6, 6.07) is 8.12. The number of carbonyl (C=O) groups is 1. The fourth-order valence-electron chi connectivity index (χ4n) is 4.34. The van der Waals surface area contributed by atoms with Gasteiger partial charge in [-0.15, -0.1) is 11.8 Å². The van der Waals surface area contributed by atoms with E-state index in [1.54, 1.807) is 28.8 Å². The summed E-state index contributed by atoms with van der Waals surface area (Å²) in [5.74, 6) is 0.700. The second-order valence-corrected chi connectivity index (χ2v) is 11.2. The van der Waals surface area contributed by atoms with Gasteiger partial charge in [-0.3, -0.25) is 9.48 Å². The third kappa shape index (κ3) is 6.49. The van der Waals surface area contributed by atoms with E-state index in [4.69, 9.17) is 15.0 Å². The number of piperidine rings is 1. The quantitative estimate of drug-likeness (QED) is 0.432. The van der Waals surface area contributed by atoms with E-state index < -0.39 is 0 Å². The van der Waals surface area contributed by atoms with E-state index >= 15 is 0 Å². The number of rotatable bonds is 8. The van der Waals surface area contributed by atoms with Gasteiger partial charge in [-0.1, -0.05) is 17.9 Å². The van der Waals surface area contributed by atoms with Crippen molar-refractivity contribution in [1.29, 1.82) is 5.26 Å². The molecule has 1 amide bonds. The molecule has 0 saturated carbocycles. The molecule has 10 nitrogen and oxygen atoms in total. The van der Waals surface area contributed by atoms with Gasteiger partial charge in [-0.05, 0) is 25.0 Å².